The van der Waals surface area contributed by atoms with Gasteiger partial charge in [0.1, 0.15) is 0 Å². The Kier molecular flexibility index (Phi) is 18.5. The van der Waals surface area contributed by atoms with Gasteiger partial charge in [0, 0.05) is 6.61 Å². The van der Waals surface area contributed by atoms with Gasteiger partial charge >= 0.3 is 0 Å². The van der Waals surface area contributed by atoms with Gasteiger partial charge in [0.15, 0.2) is 0 Å². The van der Waals surface area contributed by atoms with E-state index in [-0.39, 0.29) is 0 Å². The second kappa shape index (κ2) is 18.7. The summed E-state index contributed by atoms with van der Waals surface area (Å²) in [6.45, 7) is 7.47. The highest BCUT2D eigenvalue weighted by molar-refractivity contribution is 4.81. The predicted octanol–water partition coefficient (Wildman–Crippen LogP) is 7.45. The van der Waals surface area contributed by atoms with Crippen LogP contribution < -0.4 is 0 Å². The molecule has 0 heterocycles. The molecule has 0 bridgehead atoms. The molecule has 0 aliphatic carbocycles. The normalized spacial score (nSPS) is 13.0. The van der Waals surface area contributed by atoms with Crippen molar-refractivity contribution in [1.29, 1.82) is 0 Å². The molecule has 0 radical (unpaired) electrons. The zero-order chi connectivity index (χ0) is 16.3. The Morgan fingerprint density at radius 1 is 0.682 bits per heavy atom. The first-order chi connectivity index (χ1) is 10.8. The number of unbranched alkanes of at least 4 members (excludes halogenated alkanes) is 10. The Morgan fingerprint density at radius 2 is 1.23 bits per heavy atom. The molecular formula is C21H42O. The lowest BCUT2D eigenvalue weighted by molar-refractivity contribution is 0.0523. The quantitative estimate of drug-likeness (QED) is 0.200. The highest BCUT2D eigenvalue weighted by Crippen LogP contribution is 2.12. The Balaban J connectivity index is 3.20. The lowest BCUT2D eigenvalue weighted by atomic mass is 10.1. The summed E-state index contributed by atoms with van der Waals surface area (Å²) in [5.41, 5.74) is 0. The first-order valence-corrected chi connectivity index (χ1v) is 10.1. The van der Waals surface area contributed by atoms with Crippen molar-refractivity contribution in [2.24, 2.45) is 0 Å². The summed E-state index contributed by atoms with van der Waals surface area (Å²) >= 11 is 0. The maximum Gasteiger partial charge on any atom is 0.0572 e. The SMILES string of the molecule is CCCCCCCCC=CCCCCCCC(CC)OCC. The third kappa shape index (κ3) is 16.1. The molecule has 1 atom stereocenters. The van der Waals surface area contributed by atoms with E-state index in [1.54, 1.807) is 0 Å². The van der Waals surface area contributed by atoms with E-state index in [2.05, 4.69) is 32.9 Å². The standard InChI is InChI=1S/C21H42O/c1-4-7-8-9-10-11-12-13-14-15-16-17-18-19-20-21(5-2)22-6-3/h13-14,21H,4-12,15-20H2,1-3H3. The molecule has 0 spiro atoms. The van der Waals surface area contributed by atoms with Crippen LogP contribution in [0.3, 0.4) is 0 Å². The molecule has 0 amide bonds. The fourth-order valence-electron chi connectivity index (χ4n) is 2.91. The van der Waals surface area contributed by atoms with Crippen LogP contribution in [0.25, 0.3) is 0 Å². The number of allylic oxidation sites excluding steroid dienone is 2. The van der Waals surface area contributed by atoms with Crippen molar-refractivity contribution in [2.45, 2.75) is 117 Å². The third-order valence-corrected chi connectivity index (χ3v) is 4.40. The van der Waals surface area contributed by atoms with Gasteiger partial charge in [-0.15, -0.1) is 0 Å². The first kappa shape index (κ1) is 21.7. The van der Waals surface area contributed by atoms with Crippen molar-refractivity contribution in [3.05, 3.63) is 12.2 Å². The van der Waals surface area contributed by atoms with E-state index in [4.69, 9.17) is 4.74 Å². The molecular weight excluding hydrogens is 268 g/mol. The summed E-state index contributed by atoms with van der Waals surface area (Å²) in [6, 6.07) is 0. The number of hydrogen-bond donors (Lipinski definition) is 0. The molecule has 1 heteroatoms. The van der Waals surface area contributed by atoms with Gasteiger partial charge in [0.25, 0.3) is 0 Å². The second-order valence-corrected chi connectivity index (χ2v) is 6.51. The van der Waals surface area contributed by atoms with Crippen molar-refractivity contribution in [1.82, 2.24) is 0 Å². The summed E-state index contributed by atoms with van der Waals surface area (Å²) in [5.74, 6) is 0. The maximum atomic E-state index is 5.69. The summed E-state index contributed by atoms with van der Waals surface area (Å²) in [6.07, 6.45) is 24.2. The van der Waals surface area contributed by atoms with Crippen LogP contribution in [0.15, 0.2) is 12.2 Å². The van der Waals surface area contributed by atoms with E-state index in [0.717, 1.165) is 13.0 Å². The minimum atomic E-state index is 0.502. The van der Waals surface area contributed by atoms with Gasteiger partial charge in [0.2, 0.25) is 0 Å². The lowest BCUT2D eigenvalue weighted by Gasteiger charge is -2.14. The van der Waals surface area contributed by atoms with Crippen molar-refractivity contribution >= 4 is 0 Å². The van der Waals surface area contributed by atoms with E-state index >= 15 is 0 Å². The Bertz CT molecular complexity index is 222. The van der Waals surface area contributed by atoms with Gasteiger partial charge in [-0.25, -0.2) is 0 Å². The summed E-state index contributed by atoms with van der Waals surface area (Å²) in [5, 5.41) is 0. The zero-order valence-corrected chi connectivity index (χ0v) is 15.7. The Labute approximate surface area is 140 Å². The molecule has 0 N–H and O–H groups in total. The highest BCUT2D eigenvalue weighted by atomic mass is 16.5. The molecule has 0 aromatic heterocycles. The molecule has 22 heavy (non-hydrogen) atoms. The molecule has 132 valence electrons. The monoisotopic (exact) mass is 310 g/mol. The van der Waals surface area contributed by atoms with Crippen LogP contribution in [0.4, 0.5) is 0 Å². The van der Waals surface area contributed by atoms with Gasteiger partial charge in [-0.2, -0.15) is 0 Å². The Hall–Kier alpha value is -0.300. The largest absolute Gasteiger partial charge is 0.379 e. The van der Waals surface area contributed by atoms with Crippen LogP contribution in [0.5, 0.6) is 0 Å². The molecule has 0 fully saturated rings. The minimum absolute atomic E-state index is 0.502. The zero-order valence-electron chi connectivity index (χ0n) is 15.7. The molecule has 0 rings (SSSR count). The molecule has 0 saturated carbocycles. The summed E-state index contributed by atoms with van der Waals surface area (Å²) in [7, 11) is 0. The van der Waals surface area contributed by atoms with Gasteiger partial charge in [-0.05, 0) is 45.4 Å². The molecule has 1 nitrogen and oxygen atoms in total. The van der Waals surface area contributed by atoms with Gasteiger partial charge in [-0.3, -0.25) is 0 Å². The van der Waals surface area contributed by atoms with Gasteiger partial charge in [0.05, 0.1) is 6.10 Å². The molecule has 0 aliphatic rings. The molecule has 0 aromatic carbocycles. The number of rotatable bonds is 17. The van der Waals surface area contributed by atoms with E-state index in [1.165, 1.54) is 83.5 Å². The van der Waals surface area contributed by atoms with Crippen LogP contribution in [-0.4, -0.2) is 12.7 Å². The Morgan fingerprint density at radius 3 is 1.77 bits per heavy atom. The van der Waals surface area contributed by atoms with Crippen LogP contribution in [0, 0.1) is 0 Å². The average molecular weight is 311 g/mol. The van der Waals surface area contributed by atoms with Crippen molar-refractivity contribution in [3.63, 3.8) is 0 Å². The summed E-state index contributed by atoms with van der Waals surface area (Å²) in [4.78, 5) is 0. The van der Waals surface area contributed by atoms with E-state index in [0.29, 0.717) is 6.10 Å². The lowest BCUT2D eigenvalue weighted by Crippen LogP contribution is -2.11. The van der Waals surface area contributed by atoms with E-state index < -0.39 is 0 Å². The van der Waals surface area contributed by atoms with Crippen molar-refractivity contribution < 1.29 is 4.74 Å². The molecule has 0 aromatic rings. The minimum Gasteiger partial charge on any atom is -0.379 e. The number of hydrogen-bond acceptors (Lipinski definition) is 1. The van der Waals surface area contributed by atoms with E-state index in [9.17, 15) is 0 Å². The topological polar surface area (TPSA) is 9.23 Å². The van der Waals surface area contributed by atoms with Crippen LogP contribution in [0.2, 0.25) is 0 Å². The number of ether oxygens (including phenoxy) is 1. The third-order valence-electron chi connectivity index (χ3n) is 4.40. The van der Waals surface area contributed by atoms with Gasteiger partial charge in [-0.1, -0.05) is 77.4 Å². The first-order valence-electron chi connectivity index (χ1n) is 10.1. The highest BCUT2D eigenvalue weighted by Gasteiger charge is 2.04. The van der Waals surface area contributed by atoms with Crippen LogP contribution in [0.1, 0.15) is 111 Å². The fraction of sp³-hybridized carbons (Fsp3) is 0.905. The van der Waals surface area contributed by atoms with Crippen LogP contribution >= 0.6 is 0 Å². The smallest absolute Gasteiger partial charge is 0.0572 e. The average Bonchev–Trinajstić information content (AvgIpc) is 2.54. The maximum absolute atomic E-state index is 5.69. The van der Waals surface area contributed by atoms with Crippen molar-refractivity contribution in [2.75, 3.05) is 6.61 Å². The second-order valence-electron chi connectivity index (χ2n) is 6.51. The summed E-state index contributed by atoms with van der Waals surface area (Å²) < 4.78 is 5.69. The molecule has 0 aliphatic heterocycles. The van der Waals surface area contributed by atoms with Crippen LogP contribution in [-0.2, 0) is 4.74 Å². The van der Waals surface area contributed by atoms with E-state index in [1.807, 2.05) is 0 Å². The molecule has 0 saturated heterocycles. The predicted molar refractivity (Wildman–Crippen MR) is 101 cm³/mol. The van der Waals surface area contributed by atoms with Gasteiger partial charge < -0.3 is 4.74 Å². The fourth-order valence-corrected chi connectivity index (χ4v) is 2.91. The van der Waals surface area contributed by atoms with Crippen molar-refractivity contribution in [3.8, 4) is 0 Å². The molecule has 1 unspecified atom stereocenters.